The maximum absolute atomic E-state index is 11.4. The molecule has 0 saturated heterocycles. The molecule has 7 heteroatoms. The van der Waals surface area contributed by atoms with Crippen molar-refractivity contribution < 1.29 is 24.5 Å². The third-order valence-corrected chi connectivity index (χ3v) is 2.60. The average Bonchev–Trinajstić information content (AvgIpc) is 2.45. The highest BCUT2D eigenvalue weighted by Gasteiger charge is 2.12. The third-order valence-electron chi connectivity index (χ3n) is 2.60. The zero-order valence-corrected chi connectivity index (χ0v) is 11.1. The molecule has 0 saturated carbocycles. The van der Waals surface area contributed by atoms with Crippen LogP contribution in [-0.2, 0) is 11.3 Å². The van der Waals surface area contributed by atoms with E-state index in [1.54, 1.807) is 19.2 Å². The van der Waals surface area contributed by atoms with Gasteiger partial charge in [0.05, 0.1) is 7.11 Å². The van der Waals surface area contributed by atoms with Gasteiger partial charge in [-0.15, -0.1) is 0 Å². The molecule has 0 spiro atoms. The number of hydrogen-bond acceptors (Lipinski definition) is 4. The molecule has 7 nitrogen and oxygen atoms in total. The summed E-state index contributed by atoms with van der Waals surface area (Å²) >= 11 is 0. The van der Waals surface area contributed by atoms with Gasteiger partial charge in [0, 0.05) is 19.5 Å². The average molecular weight is 282 g/mol. The molecule has 0 aliphatic heterocycles. The van der Waals surface area contributed by atoms with Crippen LogP contribution < -0.4 is 15.4 Å². The number of rotatable bonds is 7. The number of amides is 2. The van der Waals surface area contributed by atoms with Gasteiger partial charge in [-0.3, -0.25) is 0 Å². The second kappa shape index (κ2) is 8.00. The Bertz CT molecular complexity index is 447. The molecule has 4 N–H and O–H groups in total. The Balaban J connectivity index is 2.23. The van der Waals surface area contributed by atoms with E-state index in [9.17, 15) is 9.59 Å². The first-order valence-electron chi connectivity index (χ1n) is 6.08. The number of methoxy groups -OCH3 is 1. The summed E-state index contributed by atoms with van der Waals surface area (Å²) in [5.74, 6) is -0.564. The quantitative estimate of drug-likeness (QED) is 0.576. The number of aliphatic carboxylic acids is 1. The molecule has 0 heterocycles. The monoisotopic (exact) mass is 282 g/mol. The zero-order chi connectivity index (χ0) is 15.0. The predicted molar refractivity (Wildman–Crippen MR) is 71.5 cm³/mol. The minimum Gasteiger partial charge on any atom is -0.497 e. The Labute approximate surface area is 116 Å². The van der Waals surface area contributed by atoms with E-state index < -0.39 is 18.1 Å². The van der Waals surface area contributed by atoms with Crippen molar-refractivity contribution in [3.05, 3.63) is 29.8 Å². The van der Waals surface area contributed by atoms with Gasteiger partial charge in [0.25, 0.3) is 0 Å². The number of aliphatic hydroxyl groups is 1. The number of carbonyl (C=O) groups excluding carboxylic acids is 1. The summed E-state index contributed by atoms with van der Waals surface area (Å²) in [5.41, 5.74) is 0.909. The summed E-state index contributed by atoms with van der Waals surface area (Å²) in [4.78, 5) is 21.8. The largest absolute Gasteiger partial charge is 0.497 e. The van der Waals surface area contributed by atoms with Gasteiger partial charge in [0.15, 0.2) is 6.10 Å². The smallest absolute Gasteiger partial charge is 0.332 e. The Kier molecular flexibility index (Phi) is 6.31. The standard InChI is InChI=1S/C13H18N2O5/c1-20-10-4-2-9(3-5-10)8-15-13(19)14-7-6-11(16)12(17)18/h2-5,11,16H,6-8H2,1H3,(H,17,18)(H2,14,15,19)/t11-/m0/s1. The highest BCUT2D eigenvalue weighted by atomic mass is 16.5. The SMILES string of the molecule is COc1ccc(CNC(=O)NCC[C@H](O)C(=O)O)cc1. The van der Waals surface area contributed by atoms with Crippen LogP contribution in [0, 0.1) is 0 Å². The molecule has 0 aliphatic rings. The predicted octanol–water partition coefficient (Wildman–Crippen LogP) is 0.330. The lowest BCUT2D eigenvalue weighted by atomic mass is 10.2. The lowest BCUT2D eigenvalue weighted by Gasteiger charge is -2.09. The van der Waals surface area contributed by atoms with Crippen LogP contribution in [0.1, 0.15) is 12.0 Å². The fourth-order valence-corrected chi connectivity index (χ4v) is 1.43. The molecule has 110 valence electrons. The minimum atomic E-state index is -1.46. The van der Waals surface area contributed by atoms with Gasteiger partial charge in [-0.1, -0.05) is 12.1 Å². The fraction of sp³-hybridized carbons (Fsp3) is 0.385. The summed E-state index contributed by atoms with van der Waals surface area (Å²) in [6, 6.07) is 6.81. The van der Waals surface area contributed by atoms with Crippen molar-refractivity contribution in [2.45, 2.75) is 19.1 Å². The molecule has 0 bridgehead atoms. The van der Waals surface area contributed by atoms with Crippen molar-refractivity contribution >= 4 is 12.0 Å². The second-order valence-electron chi connectivity index (χ2n) is 4.10. The molecule has 20 heavy (non-hydrogen) atoms. The normalized spacial score (nSPS) is 11.5. The maximum atomic E-state index is 11.4. The van der Waals surface area contributed by atoms with Crippen molar-refractivity contribution in [1.82, 2.24) is 10.6 Å². The van der Waals surface area contributed by atoms with Crippen LogP contribution in [0.15, 0.2) is 24.3 Å². The van der Waals surface area contributed by atoms with Crippen LogP contribution in [0.2, 0.25) is 0 Å². The second-order valence-corrected chi connectivity index (χ2v) is 4.10. The molecule has 0 aromatic heterocycles. The van der Waals surface area contributed by atoms with E-state index in [-0.39, 0.29) is 13.0 Å². The van der Waals surface area contributed by atoms with Gasteiger partial charge in [0.2, 0.25) is 0 Å². The van der Waals surface area contributed by atoms with Crippen LogP contribution >= 0.6 is 0 Å². The van der Waals surface area contributed by atoms with E-state index in [0.717, 1.165) is 11.3 Å². The lowest BCUT2D eigenvalue weighted by molar-refractivity contribution is -0.146. The fourth-order valence-electron chi connectivity index (χ4n) is 1.43. The van der Waals surface area contributed by atoms with Crippen molar-refractivity contribution in [2.75, 3.05) is 13.7 Å². The molecule has 1 atom stereocenters. The summed E-state index contributed by atoms with van der Waals surface area (Å²) < 4.78 is 5.02. The first kappa shape index (κ1) is 15.8. The van der Waals surface area contributed by atoms with Gasteiger partial charge in [-0.25, -0.2) is 9.59 Å². The number of nitrogens with one attached hydrogen (secondary N) is 2. The van der Waals surface area contributed by atoms with E-state index in [4.69, 9.17) is 14.9 Å². The van der Waals surface area contributed by atoms with E-state index in [1.165, 1.54) is 0 Å². The van der Waals surface area contributed by atoms with Crippen molar-refractivity contribution in [1.29, 1.82) is 0 Å². The third kappa shape index (κ3) is 5.57. The number of aliphatic hydroxyl groups excluding tert-OH is 1. The molecule has 1 aromatic carbocycles. The number of carbonyl (C=O) groups is 2. The first-order valence-corrected chi connectivity index (χ1v) is 6.08. The highest BCUT2D eigenvalue weighted by Crippen LogP contribution is 2.10. The van der Waals surface area contributed by atoms with E-state index in [1.807, 2.05) is 12.1 Å². The van der Waals surface area contributed by atoms with Gasteiger partial charge >= 0.3 is 12.0 Å². The molecule has 1 aromatic rings. The summed E-state index contributed by atoms with van der Waals surface area (Å²) in [6.07, 6.45) is -1.50. The number of carboxylic acids is 1. The van der Waals surface area contributed by atoms with Crippen LogP contribution in [0.4, 0.5) is 4.79 Å². The van der Waals surface area contributed by atoms with Gasteiger partial charge in [-0.2, -0.15) is 0 Å². The van der Waals surface area contributed by atoms with Gasteiger partial charge < -0.3 is 25.6 Å². The van der Waals surface area contributed by atoms with Gasteiger partial charge in [0.1, 0.15) is 5.75 Å². The minimum absolute atomic E-state index is 0.0364. The summed E-state index contributed by atoms with van der Waals surface area (Å²) in [6.45, 7) is 0.430. The van der Waals surface area contributed by atoms with Crippen LogP contribution in [0.5, 0.6) is 5.75 Å². The molecular weight excluding hydrogens is 264 g/mol. The van der Waals surface area contributed by atoms with Crippen molar-refractivity contribution in [2.24, 2.45) is 0 Å². The molecule has 1 rings (SSSR count). The number of carboxylic acid groups (broad SMARTS) is 1. The zero-order valence-electron chi connectivity index (χ0n) is 11.1. The Morgan fingerprint density at radius 1 is 1.25 bits per heavy atom. The van der Waals surface area contributed by atoms with Crippen LogP contribution in [-0.4, -0.2) is 42.0 Å². The Morgan fingerprint density at radius 3 is 2.45 bits per heavy atom. The Hall–Kier alpha value is -2.28. The highest BCUT2D eigenvalue weighted by molar-refractivity contribution is 5.74. The van der Waals surface area contributed by atoms with Crippen LogP contribution in [0.25, 0.3) is 0 Å². The maximum Gasteiger partial charge on any atom is 0.332 e. The number of urea groups is 1. The van der Waals surface area contributed by atoms with Crippen LogP contribution in [0.3, 0.4) is 0 Å². The van der Waals surface area contributed by atoms with Gasteiger partial charge in [-0.05, 0) is 17.7 Å². The molecular formula is C13H18N2O5. The van der Waals surface area contributed by atoms with E-state index >= 15 is 0 Å². The molecule has 0 fully saturated rings. The topological polar surface area (TPSA) is 108 Å². The lowest BCUT2D eigenvalue weighted by Crippen LogP contribution is -2.37. The number of benzene rings is 1. The first-order chi connectivity index (χ1) is 9.52. The summed E-state index contributed by atoms with van der Waals surface area (Å²) in [5, 5.41) is 22.5. The number of ether oxygens (including phenoxy) is 1. The molecule has 0 aliphatic carbocycles. The molecule has 2 amide bonds. The number of hydrogen-bond donors (Lipinski definition) is 4. The molecule has 0 unspecified atom stereocenters. The van der Waals surface area contributed by atoms with E-state index in [2.05, 4.69) is 10.6 Å². The van der Waals surface area contributed by atoms with Crippen molar-refractivity contribution in [3.8, 4) is 5.75 Å². The summed E-state index contributed by atoms with van der Waals surface area (Å²) in [7, 11) is 1.58. The Morgan fingerprint density at radius 2 is 1.90 bits per heavy atom. The van der Waals surface area contributed by atoms with Crippen molar-refractivity contribution in [3.63, 3.8) is 0 Å². The molecule has 0 radical (unpaired) electrons. The van der Waals surface area contributed by atoms with E-state index in [0.29, 0.717) is 6.54 Å².